The van der Waals surface area contributed by atoms with Crippen molar-refractivity contribution in [3.63, 3.8) is 0 Å². The van der Waals surface area contributed by atoms with Crippen LogP contribution >= 0.6 is 11.3 Å². The molecule has 0 saturated carbocycles. The molecule has 1 atom stereocenters. The average molecular weight is 319 g/mol. The summed E-state index contributed by atoms with van der Waals surface area (Å²) in [6, 6.07) is 11.3. The molecule has 1 aromatic carbocycles. The maximum atomic E-state index is 12.2. The van der Waals surface area contributed by atoms with Gasteiger partial charge in [-0.25, -0.2) is 0 Å². The highest BCUT2D eigenvalue weighted by molar-refractivity contribution is 7.10. The molecule has 1 amide bonds. The normalized spacial score (nSPS) is 12.0. The van der Waals surface area contributed by atoms with Crippen LogP contribution in [0.15, 0.2) is 41.8 Å². The molecular formula is C17H21NO3S. The maximum Gasteiger partial charge on any atom is 0.258 e. The molecule has 0 aliphatic heterocycles. The minimum atomic E-state index is -0.141. The van der Waals surface area contributed by atoms with Crippen molar-refractivity contribution in [3.8, 4) is 11.5 Å². The zero-order chi connectivity index (χ0) is 15.9. The molecule has 0 aliphatic carbocycles. The molecule has 1 N–H and O–H groups in total. The van der Waals surface area contributed by atoms with Crippen LogP contribution in [0.5, 0.6) is 11.5 Å². The summed E-state index contributed by atoms with van der Waals surface area (Å²) >= 11 is 1.65. The molecule has 1 heterocycles. The Hall–Kier alpha value is -2.01. The number of thiophene rings is 1. The number of rotatable bonds is 7. The Morgan fingerprint density at radius 2 is 1.91 bits per heavy atom. The molecule has 1 aromatic heterocycles. The number of hydrogen-bond donors (Lipinski definition) is 1. The second kappa shape index (κ2) is 7.84. The Bertz CT molecular complexity index is 596. The second-order valence-electron chi connectivity index (χ2n) is 5.24. The summed E-state index contributed by atoms with van der Waals surface area (Å²) in [4.78, 5) is 13.3. The van der Waals surface area contributed by atoms with E-state index in [1.54, 1.807) is 30.6 Å². The van der Waals surface area contributed by atoms with Gasteiger partial charge < -0.3 is 14.8 Å². The highest BCUT2D eigenvalue weighted by atomic mass is 32.1. The smallest absolute Gasteiger partial charge is 0.258 e. The quantitative estimate of drug-likeness (QED) is 0.847. The van der Waals surface area contributed by atoms with Crippen LogP contribution in [-0.2, 0) is 4.79 Å². The van der Waals surface area contributed by atoms with Crippen LogP contribution in [0.25, 0.3) is 0 Å². The van der Waals surface area contributed by atoms with Crippen LogP contribution in [0, 0.1) is 5.92 Å². The average Bonchev–Trinajstić information content (AvgIpc) is 3.04. The Morgan fingerprint density at radius 3 is 2.50 bits per heavy atom. The van der Waals surface area contributed by atoms with E-state index in [2.05, 4.69) is 19.2 Å². The van der Waals surface area contributed by atoms with Gasteiger partial charge in [0.15, 0.2) is 18.1 Å². The molecule has 0 aliphatic rings. The van der Waals surface area contributed by atoms with E-state index in [-0.39, 0.29) is 18.6 Å². The number of methoxy groups -OCH3 is 1. The van der Waals surface area contributed by atoms with E-state index in [0.29, 0.717) is 17.4 Å². The molecule has 4 nitrogen and oxygen atoms in total. The van der Waals surface area contributed by atoms with E-state index in [0.717, 1.165) is 4.88 Å². The summed E-state index contributed by atoms with van der Waals surface area (Å²) in [6.07, 6.45) is 0. The highest BCUT2D eigenvalue weighted by Crippen LogP contribution is 2.27. The fraction of sp³-hybridized carbons (Fsp3) is 0.353. The van der Waals surface area contributed by atoms with Crippen molar-refractivity contribution in [2.45, 2.75) is 19.9 Å². The van der Waals surface area contributed by atoms with E-state index < -0.39 is 0 Å². The minimum Gasteiger partial charge on any atom is -0.493 e. The first-order valence-electron chi connectivity index (χ1n) is 7.20. The number of hydrogen-bond acceptors (Lipinski definition) is 4. The van der Waals surface area contributed by atoms with Gasteiger partial charge in [0.25, 0.3) is 5.91 Å². The lowest BCUT2D eigenvalue weighted by Crippen LogP contribution is -2.34. The first kappa shape index (κ1) is 16.4. The molecule has 2 rings (SSSR count). The van der Waals surface area contributed by atoms with Crippen LogP contribution in [0.2, 0.25) is 0 Å². The largest absolute Gasteiger partial charge is 0.493 e. The van der Waals surface area contributed by atoms with Crippen LogP contribution in [0.1, 0.15) is 24.8 Å². The molecule has 0 spiro atoms. The van der Waals surface area contributed by atoms with Gasteiger partial charge >= 0.3 is 0 Å². The van der Waals surface area contributed by atoms with Crippen LogP contribution in [0.3, 0.4) is 0 Å². The lowest BCUT2D eigenvalue weighted by Gasteiger charge is -2.21. The first-order valence-corrected chi connectivity index (χ1v) is 8.08. The fourth-order valence-electron chi connectivity index (χ4n) is 2.13. The molecule has 22 heavy (non-hydrogen) atoms. The van der Waals surface area contributed by atoms with E-state index in [1.165, 1.54) is 0 Å². The minimum absolute atomic E-state index is 0.00812. The van der Waals surface area contributed by atoms with Crippen LogP contribution in [0.4, 0.5) is 0 Å². The van der Waals surface area contributed by atoms with Crippen LogP contribution < -0.4 is 14.8 Å². The molecule has 0 radical (unpaired) electrons. The molecule has 0 fully saturated rings. The van der Waals surface area contributed by atoms with Gasteiger partial charge in [0.2, 0.25) is 0 Å². The monoisotopic (exact) mass is 319 g/mol. The molecule has 2 aromatic rings. The molecule has 0 saturated heterocycles. The molecular weight excluding hydrogens is 298 g/mol. The molecule has 1 unspecified atom stereocenters. The van der Waals surface area contributed by atoms with E-state index in [9.17, 15) is 4.79 Å². The van der Waals surface area contributed by atoms with Crippen molar-refractivity contribution >= 4 is 17.2 Å². The Morgan fingerprint density at radius 1 is 1.18 bits per heavy atom. The highest BCUT2D eigenvalue weighted by Gasteiger charge is 2.19. The van der Waals surface area contributed by atoms with Gasteiger partial charge in [-0.3, -0.25) is 4.79 Å². The molecule has 5 heteroatoms. The number of nitrogens with one attached hydrogen (secondary N) is 1. The van der Waals surface area contributed by atoms with E-state index >= 15 is 0 Å². The van der Waals surface area contributed by atoms with Crippen molar-refractivity contribution in [3.05, 3.63) is 46.7 Å². The summed E-state index contributed by atoms with van der Waals surface area (Å²) < 4.78 is 10.8. The van der Waals surface area contributed by atoms with E-state index in [1.807, 2.05) is 29.6 Å². The summed E-state index contributed by atoms with van der Waals surface area (Å²) in [5, 5.41) is 5.05. The van der Waals surface area contributed by atoms with Gasteiger partial charge in [-0.15, -0.1) is 11.3 Å². The third-order valence-corrected chi connectivity index (χ3v) is 4.22. The predicted molar refractivity (Wildman–Crippen MR) is 88.5 cm³/mol. The van der Waals surface area contributed by atoms with Gasteiger partial charge in [0.05, 0.1) is 13.2 Å². The van der Waals surface area contributed by atoms with Gasteiger partial charge in [0.1, 0.15) is 0 Å². The first-order chi connectivity index (χ1) is 10.6. The third-order valence-electron chi connectivity index (χ3n) is 3.26. The molecule has 0 bridgehead atoms. The SMILES string of the molecule is COc1ccccc1OCC(=O)NC(c1cccs1)C(C)C. The van der Waals surface area contributed by atoms with Crippen molar-refractivity contribution in [2.24, 2.45) is 5.92 Å². The Kier molecular flexibility index (Phi) is 5.83. The van der Waals surface area contributed by atoms with Crippen molar-refractivity contribution in [1.29, 1.82) is 0 Å². The maximum absolute atomic E-state index is 12.2. The zero-order valence-corrected chi connectivity index (χ0v) is 13.9. The Labute approximate surface area is 135 Å². The molecule has 118 valence electrons. The fourth-order valence-corrected chi connectivity index (χ4v) is 3.08. The standard InChI is InChI=1S/C17H21NO3S/c1-12(2)17(15-9-6-10-22-15)18-16(19)11-21-14-8-5-4-7-13(14)20-3/h4-10,12,17H,11H2,1-3H3,(H,18,19). The number of benzene rings is 1. The number of para-hydroxylation sites is 2. The number of amides is 1. The third kappa shape index (κ3) is 4.24. The lowest BCUT2D eigenvalue weighted by molar-refractivity contribution is -0.124. The summed E-state index contributed by atoms with van der Waals surface area (Å²) in [7, 11) is 1.58. The number of ether oxygens (including phenoxy) is 2. The van der Waals surface area contributed by atoms with Gasteiger partial charge in [-0.2, -0.15) is 0 Å². The predicted octanol–water partition coefficient (Wildman–Crippen LogP) is 3.65. The summed E-state index contributed by atoms with van der Waals surface area (Å²) in [5.41, 5.74) is 0. The van der Waals surface area contributed by atoms with Gasteiger partial charge in [-0.1, -0.05) is 32.0 Å². The number of carbonyl (C=O) groups excluding carboxylic acids is 1. The number of carbonyl (C=O) groups is 1. The topological polar surface area (TPSA) is 47.6 Å². The lowest BCUT2D eigenvalue weighted by atomic mass is 10.0. The van der Waals surface area contributed by atoms with Gasteiger partial charge in [-0.05, 0) is 29.5 Å². The van der Waals surface area contributed by atoms with Crippen molar-refractivity contribution in [2.75, 3.05) is 13.7 Å². The summed E-state index contributed by atoms with van der Waals surface area (Å²) in [5.74, 6) is 1.36. The van der Waals surface area contributed by atoms with Gasteiger partial charge in [0, 0.05) is 4.88 Å². The van der Waals surface area contributed by atoms with Crippen molar-refractivity contribution < 1.29 is 14.3 Å². The second-order valence-corrected chi connectivity index (χ2v) is 6.22. The zero-order valence-electron chi connectivity index (χ0n) is 13.0. The van der Waals surface area contributed by atoms with E-state index in [4.69, 9.17) is 9.47 Å². The summed E-state index contributed by atoms with van der Waals surface area (Å²) in [6.45, 7) is 4.15. The van der Waals surface area contributed by atoms with Crippen LogP contribution in [-0.4, -0.2) is 19.6 Å². The van der Waals surface area contributed by atoms with Crippen molar-refractivity contribution in [1.82, 2.24) is 5.32 Å². The Balaban J connectivity index is 1.94.